The van der Waals surface area contributed by atoms with E-state index in [1.807, 2.05) is 13.1 Å². The lowest BCUT2D eigenvalue weighted by atomic mass is 9.90. The Morgan fingerprint density at radius 2 is 1.86 bits per heavy atom. The van der Waals surface area contributed by atoms with Crippen LogP contribution in [0.3, 0.4) is 0 Å². The smallest absolute Gasteiger partial charge is 0.266 e. The summed E-state index contributed by atoms with van der Waals surface area (Å²) in [5, 5.41) is 4.05. The number of amides is 1. The van der Waals surface area contributed by atoms with E-state index in [1.54, 1.807) is 17.2 Å². The van der Waals surface area contributed by atoms with E-state index in [4.69, 9.17) is 16.6 Å². The first-order chi connectivity index (χ1) is 16.9. The number of guanidine groups is 1. The van der Waals surface area contributed by atoms with Gasteiger partial charge in [0, 0.05) is 24.6 Å². The average Bonchev–Trinajstić information content (AvgIpc) is 3.36. The minimum Gasteiger partial charge on any atom is -0.341 e. The minimum atomic E-state index is -0.0284. The van der Waals surface area contributed by atoms with E-state index in [1.165, 1.54) is 18.4 Å². The molecule has 2 aliphatic heterocycles. The van der Waals surface area contributed by atoms with Crippen LogP contribution in [0.5, 0.6) is 0 Å². The molecule has 3 aliphatic rings. The van der Waals surface area contributed by atoms with Crippen LogP contribution in [0.4, 0.5) is 17.2 Å². The number of anilines is 3. The molecular weight excluding hydrogens is 460 g/mol. The molecule has 0 spiro atoms. The van der Waals surface area contributed by atoms with Crippen LogP contribution in [0.25, 0.3) is 0 Å². The van der Waals surface area contributed by atoms with Crippen LogP contribution in [0.1, 0.15) is 52.9 Å². The van der Waals surface area contributed by atoms with Crippen LogP contribution in [0.15, 0.2) is 47.6 Å². The monoisotopic (exact) mass is 488 g/mol. The van der Waals surface area contributed by atoms with Crippen LogP contribution >= 0.6 is 11.6 Å². The van der Waals surface area contributed by atoms with Gasteiger partial charge < -0.3 is 14.8 Å². The normalized spacial score (nSPS) is 20.9. The predicted octanol–water partition coefficient (Wildman–Crippen LogP) is 5.52. The van der Waals surface area contributed by atoms with E-state index in [9.17, 15) is 4.79 Å². The van der Waals surface area contributed by atoms with E-state index in [0.29, 0.717) is 23.3 Å². The molecule has 8 heteroatoms. The molecule has 0 bridgehead atoms. The second-order valence-corrected chi connectivity index (χ2v) is 10.2. The summed E-state index contributed by atoms with van der Waals surface area (Å²) in [6.45, 7) is 4.75. The van der Waals surface area contributed by atoms with Crippen LogP contribution in [-0.4, -0.2) is 45.4 Å². The van der Waals surface area contributed by atoms with Crippen molar-refractivity contribution in [2.45, 2.75) is 58.2 Å². The summed E-state index contributed by atoms with van der Waals surface area (Å²) >= 11 is 6.04. The molecule has 1 aliphatic carbocycles. The third-order valence-electron chi connectivity index (χ3n) is 7.52. The fraction of sp³-hybridized carbons (Fsp3) is 0.370. The second-order valence-electron chi connectivity index (χ2n) is 9.81. The Morgan fingerprint density at radius 3 is 2.60 bits per heavy atom. The zero-order valence-corrected chi connectivity index (χ0v) is 21.0. The molecule has 35 heavy (non-hydrogen) atoms. The molecule has 7 nitrogen and oxygen atoms in total. The Morgan fingerprint density at radius 1 is 1.09 bits per heavy atom. The van der Waals surface area contributed by atoms with Gasteiger partial charge in [0.05, 0.1) is 24.3 Å². The molecule has 0 radical (unpaired) electrons. The quantitative estimate of drug-likeness (QED) is 0.491. The number of aryl methyl sites for hydroxylation is 1. The minimum absolute atomic E-state index is 0.0284. The molecule has 0 saturated heterocycles. The summed E-state index contributed by atoms with van der Waals surface area (Å²) in [5.74, 6) is 1.56. The van der Waals surface area contributed by atoms with Crippen molar-refractivity contribution in [1.29, 1.82) is 0 Å². The number of hydrogen-bond acceptors (Lipinski definition) is 5. The van der Waals surface area contributed by atoms with Crippen molar-refractivity contribution in [2.75, 3.05) is 17.3 Å². The van der Waals surface area contributed by atoms with Crippen molar-refractivity contribution in [3.05, 3.63) is 70.1 Å². The number of aliphatic imine (C=N–C) groups is 1. The molecule has 1 aromatic carbocycles. The molecule has 1 amide bonds. The zero-order valence-electron chi connectivity index (χ0n) is 20.3. The Kier molecular flexibility index (Phi) is 5.33. The van der Waals surface area contributed by atoms with E-state index < -0.39 is 0 Å². The summed E-state index contributed by atoms with van der Waals surface area (Å²) in [6, 6.07) is 12.6. The van der Waals surface area contributed by atoms with E-state index in [-0.39, 0.29) is 11.9 Å². The van der Waals surface area contributed by atoms with Gasteiger partial charge in [-0.3, -0.25) is 9.69 Å². The number of nitrogens with one attached hydrogen (secondary N) is 1. The Labute approximate surface area is 210 Å². The summed E-state index contributed by atoms with van der Waals surface area (Å²) < 4.78 is 2.19. The first-order valence-electron chi connectivity index (χ1n) is 12.2. The predicted molar refractivity (Wildman–Crippen MR) is 140 cm³/mol. The number of fused-ring (bicyclic) bond motifs is 5. The highest BCUT2D eigenvalue weighted by Crippen LogP contribution is 2.46. The maximum Gasteiger partial charge on any atom is 0.266 e. The van der Waals surface area contributed by atoms with Gasteiger partial charge in [0.25, 0.3) is 5.91 Å². The topological polar surface area (TPSA) is 65.8 Å². The van der Waals surface area contributed by atoms with Gasteiger partial charge in [0.1, 0.15) is 16.5 Å². The zero-order chi connectivity index (χ0) is 24.3. The average molecular weight is 489 g/mol. The lowest BCUT2D eigenvalue weighted by Crippen LogP contribution is -2.52. The lowest BCUT2D eigenvalue weighted by Gasteiger charge is -2.38. The van der Waals surface area contributed by atoms with Crippen LogP contribution in [0, 0.1) is 13.8 Å². The summed E-state index contributed by atoms with van der Waals surface area (Å²) in [4.78, 5) is 27.2. The molecule has 6 rings (SSSR count). The number of rotatable bonds is 4. The van der Waals surface area contributed by atoms with Crippen molar-refractivity contribution in [3.8, 4) is 0 Å². The Balaban J connectivity index is 1.52. The summed E-state index contributed by atoms with van der Waals surface area (Å²) in [6.07, 6.45) is 6.35. The molecule has 3 aromatic rings. The number of hydrogen-bond donors (Lipinski definition) is 1. The van der Waals surface area contributed by atoms with E-state index in [2.05, 4.69) is 57.9 Å². The van der Waals surface area contributed by atoms with Gasteiger partial charge in [-0.2, -0.15) is 0 Å². The molecule has 180 valence electrons. The highest BCUT2D eigenvalue weighted by molar-refractivity contribution is 6.29. The van der Waals surface area contributed by atoms with Crippen molar-refractivity contribution in [2.24, 2.45) is 4.99 Å². The van der Waals surface area contributed by atoms with Crippen LogP contribution < -0.4 is 10.2 Å². The van der Waals surface area contributed by atoms with Crippen molar-refractivity contribution in [1.82, 2.24) is 14.5 Å². The molecule has 2 unspecified atom stereocenters. The van der Waals surface area contributed by atoms with Crippen molar-refractivity contribution in [3.63, 3.8) is 0 Å². The van der Waals surface area contributed by atoms with Crippen LogP contribution in [0.2, 0.25) is 5.15 Å². The summed E-state index contributed by atoms with van der Waals surface area (Å²) in [5.41, 5.74) is 5.88. The number of carbonyl (C=O) groups excluding carboxylic acids is 1. The number of halogens is 1. The number of aromatic nitrogens is 2. The number of benzene rings is 1. The third-order valence-corrected chi connectivity index (χ3v) is 7.74. The Bertz CT molecular complexity index is 1330. The van der Waals surface area contributed by atoms with Gasteiger partial charge >= 0.3 is 0 Å². The molecule has 4 heterocycles. The number of pyridine rings is 1. The van der Waals surface area contributed by atoms with Gasteiger partial charge in [-0.25, -0.2) is 9.98 Å². The highest BCUT2D eigenvalue weighted by Gasteiger charge is 2.48. The first kappa shape index (κ1) is 22.2. The molecule has 1 saturated carbocycles. The maximum atomic E-state index is 13.8. The van der Waals surface area contributed by atoms with Gasteiger partial charge in [-0.05, 0) is 50.5 Å². The Hall–Kier alpha value is -3.32. The molecule has 2 aromatic heterocycles. The molecule has 1 N–H and O–H groups in total. The summed E-state index contributed by atoms with van der Waals surface area (Å²) in [7, 11) is 1.85. The van der Waals surface area contributed by atoms with Gasteiger partial charge in [0.15, 0.2) is 0 Å². The highest BCUT2D eigenvalue weighted by atomic mass is 35.5. The molecule has 1 fully saturated rings. The first-order valence-corrected chi connectivity index (χ1v) is 12.6. The second kappa shape index (κ2) is 8.41. The standard InChI is InChI=1S/C27H29ClN6O/c1-16-8-11-19(12-9-16)30-25-23-24(17(2)33(25)15-18-10-13-22(28)29-14-18)34-21-7-5-4-6-20(21)31-27(34)32(3)26(23)35/h8-14,20-21,30H,4-7,15H2,1-3H3. The fourth-order valence-electron chi connectivity index (χ4n) is 5.68. The third kappa shape index (κ3) is 3.60. The van der Waals surface area contributed by atoms with Crippen molar-refractivity contribution >= 4 is 40.7 Å². The van der Waals surface area contributed by atoms with Gasteiger partial charge in [-0.15, -0.1) is 0 Å². The van der Waals surface area contributed by atoms with Crippen molar-refractivity contribution < 1.29 is 4.79 Å². The lowest BCUT2D eigenvalue weighted by molar-refractivity contribution is 0.0866. The SMILES string of the molecule is Cc1ccc(Nc2c3c(c(C)n2Cc2ccc(Cl)nc2)N2C(=NC4CCCCC42)N(C)C3=O)cc1. The molecular formula is C27H29ClN6O. The largest absolute Gasteiger partial charge is 0.341 e. The fourth-order valence-corrected chi connectivity index (χ4v) is 5.79. The molecule has 2 atom stereocenters. The maximum absolute atomic E-state index is 13.8. The van der Waals surface area contributed by atoms with E-state index in [0.717, 1.165) is 47.3 Å². The number of carbonyl (C=O) groups is 1. The van der Waals surface area contributed by atoms with E-state index >= 15 is 0 Å². The van der Waals surface area contributed by atoms with Gasteiger partial charge in [0.2, 0.25) is 5.96 Å². The van der Waals surface area contributed by atoms with Gasteiger partial charge in [-0.1, -0.05) is 48.2 Å². The number of nitrogens with zero attached hydrogens (tertiary/aromatic N) is 5. The van der Waals surface area contributed by atoms with Crippen LogP contribution in [-0.2, 0) is 6.54 Å².